The van der Waals surface area contributed by atoms with Gasteiger partial charge in [0.2, 0.25) is 0 Å². The van der Waals surface area contributed by atoms with Gasteiger partial charge in [0.05, 0.1) is 17.1 Å². The predicted octanol–water partition coefficient (Wildman–Crippen LogP) is 4.85. The molecule has 1 unspecified atom stereocenters. The molecule has 164 valence electrons. The van der Waals surface area contributed by atoms with Gasteiger partial charge in [0, 0.05) is 25.2 Å². The van der Waals surface area contributed by atoms with Crippen LogP contribution in [0.1, 0.15) is 39.7 Å². The molecule has 0 aliphatic carbocycles. The molecule has 0 bridgehead atoms. The van der Waals surface area contributed by atoms with E-state index in [1.165, 1.54) is 0 Å². The van der Waals surface area contributed by atoms with Gasteiger partial charge in [-0.2, -0.15) is 0 Å². The predicted molar refractivity (Wildman–Crippen MR) is 124 cm³/mol. The zero-order valence-corrected chi connectivity index (χ0v) is 18.6. The molecule has 0 saturated carbocycles. The number of hydrogen-bond acceptors (Lipinski definition) is 4. The van der Waals surface area contributed by atoms with E-state index in [1.807, 2.05) is 56.0 Å². The van der Waals surface area contributed by atoms with Crippen LogP contribution in [-0.4, -0.2) is 45.8 Å². The number of aromatic nitrogens is 2. The van der Waals surface area contributed by atoms with E-state index in [0.29, 0.717) is 25.6 Å². The molecule has 1 aromatic heterocycles. The summed E-state index contributed by atoms with van der Waals surface area (Å²) in [6.45, 7) is 7.59. The third-order valence-corrected chi connectivity index (χ3v) is 5.94. The number of carbonyl (C=O) groups is 1. The SMILES string of the molecule is CC(C)(C)OC(=O)N1CCC(C(CN)n2c(-c3ccccc3)nc3ccccc32)CC1. The van der Waals surface area contributed by atoms with Gasteiger partial charge in [-0.1, -0.05) is 42.5 Å². The van der Waals surface area contributed by atoms with Gasteiger partial charge in [-0.3, -0.25) is 0 Å². The molecule has 1 aliphatic rings. The van der Waals surface area contributed by atoms with E-state index in [4.69, 9.17) is 15.5 Å². The van der Waals surface area contributed by atoms with Crippen molar-refractivity contribution in [1.82, 2.24) is 14.5 Å². The highest BCUT2D eigenvalue weighted by atomic mass is 16.6. The third kappa shape index (κ3) is 4.59. The number of amides is 1. The number of imidazole rings is 1. The van der Waals surface area contributed by atoms with E-state index in [2.05, 4.69) is 28.8 Å². The second-order valence-electron chi connectivity index (χ2n) is 9.27. The fourth-order valence-corrected chi connectivity index (χ4v) is 4.47. The zero-order chi connectivity index (χ0) is 22.0. The van der Waals surface area contributed by atoms with Crippen LogP contribution in [0.5, 0.6) is 0 Å². The summed E-state index contributed by atoms with van der Waals surface area (Å²) in [5, 5.41) is 0. The third-order valence-electron chi connectivity index (χ3n) is 5.94. The number of nitrogens with two attached hydrogens (primary N) is 1. The van der Waals surface area contributed by atoms with E-state index in [-0.39, 0.29) is 12.1 Å². The topological polar surface area (TPSA) is 73.4 Å². The Hall–Kier alpha value is -2.86. The Morgan fingerprint density at radius 1 is 1.10 bits per heavy atom. The minimum absolute atomic E-state index is 0.114. The van der Waals surface area contributed by atoms with E-state index in [1.54, 1.807) is 0 Å². The molecule has 0 spiro atoms. The Balaban J connectivity index is 1.61. The average Bonchev–Trinajstić information content (AvgIpc) is 3.14. The van der Waals surface area contributed by atoms with Gasteiger partial charge in [-0.15, -0.1) is 0 Å². The average molecular weight is 421 g/mol. The number of ether oxygens (including phenoxy) is 1. The van der Waals surface area contributed by atoms with Crippen LogP contribution >= 0.6 is 0 Å². The van der Waals surface area contributed by atoms with Crippen molar-refractivity contribution in [3.05, 3.63) is 54.6 Å². The van der Waals surface area contributed by atoms with Crippen molar-refractivity contribution in [2.45, 2.75) is 45.3 Å². The van der Waals surface area contributed by atoms with E-state index in [0.717, 1.165) is 35.3 Å². The first-order valence-electron chi connectivity index (χ1n) is 11.1. The molecule has 0 radical (unpaired) electrons. The van der Waals surface area contributed by atoms with Crippen molar-refractivity contribution >= 4 is 17.1 Å². The number of hydrogen-bond donors (Lipinski definition) is 1. The minimum atomic E-state index is -0.478. The molecule has 4 rings (SSSR count). The van der Waals surface area contributed by atoms with Crippen molar-refractivity contribution in [2.75, 3.05) is 19.6 Å². The second-order valence-corrected chi connectivity index (χ2v) is 9.27. The number of carbonyl (C=O) groups excluding carboxylic acids is 1. The maximum atomic E-state index is 12.5. The molecular weight excluding hydrogens is 388 g/mol. The molecule has 31 heavy (non-hydrogen) atoms. The fourth-order valence-electron chi connectivity index (χ4n) is 4.47. The molecule has 1 amide bonds. The number of para-hydroxylation sites is 2. The lowest BCUT2D eigenvalue weighted by atomic mass is 9.89. The van der Waals surface area contributed by atoms with Crippen LogP contribution < -0.4 is 5.73 Å². The summed E-state index contributed by atoms with van der Waals surface area (Å²) in [6.07, 6.45) is 1.55. The van der Waals surface area contributed by atoms with Gasteiger partial charge < -0.3 is 19.9 Å². The van der Waals surface area contributed by atoms with Crippen LogP contribution in [0, 0.1) is 5.92 Å². The standard InChI is InChI=1S/C25H32N4O2/c1-25(2,3)31-24(30)28-15-13-18(14-16-28)22(17-26)29-21-12-8-7-11-20(21)27-23(29)19-9-5-4-6-10-19/h4-12,18,22H,13-17,26H2,1-3H3. The smallest absolute Gasteiger partial charge is 0.410 e. The molecule has 3 aromatic rings. The maximum absolute atomic E-state index is 12.5. The van der Waals surface area contributed by atoms with Crippen LogP contribution in [0.4, 0.5) is 4.79 Å². The molecule has 1 atom stereocenters. The highest BCUT2D eigenvalue weighted by Gasteiger charge is 2.32. The Morgan fingerprint density at radius 3 is 2.39 bits per heavy atom. The Morgan fingerprint density at radius 2 is 1.74 bits per heavy atom. The van der Waals surface area contributed by atoms with E-state index >= 15 is 0 Å². The van der Waals surface area contributed by atoms with Gasteiger partial charge in [0.15, 0.2) is 0 Å². The normalized spacial score (nSPS) is 16.5. The molecular formula is C25H32N4O2. The minimum Gasteiger partial charge on any atom is -0.444 e. The van der Waals surface area contributed by atoms with Crippen LogP contribution in [0.15, 0.2) is 54.6 Å². The summed E-state index contributed by atoms with van der Waals surface area (Å²) >= 11 is 0. The largest absolute Gasteiger partial charge is 0.444 e. The number of piperidine rings is 1. The monoisotopic (exact) mass is 420 g/mol. The zero-order valence-electron chi connectivity index (χ0n) is 18.6. The van der Waals surface area contributed by atoms with Crippen LogP contribution in [0.3, 0.4) is 0 Å². The Bertz CT molecular complexity index is 1030. The highest BCUT2D eigenvalue weighted by molar-refractivity contribution is 5.81. The lowest BCUT2D eigenvalue weighted by Crippen LogP contribution is -2.44. The van der Waals surface area contributed by atoms with E-state index in [9.17, 15) is 4.79 Å². The van der Waals surface area contributed by atoms with Crippen molar-refractivity contribution in [3.63, 3.8) is 0 Å². The highest BCUT2D eigenvalue weighted by Crippen LogP contribution is 2.35. The van der Waals surface area contributed by atoms with Gasteiger partial charge in [0.1, 0.15) is 11.4 Å². The van der Waals surface area contributed by atoms with E-state index < -0.39 is 5.60 Å². The molecule has 2 aromatic carbocycles. The van der Waals surface area contributed by atoms with Crippen LogP contribution in [-0.2, 0) is 4.74 Å². The number of likely N-dealkylation sites (tertiary alicyclic amines) is 1. The first-order chi connectivity index (χ1) is 14.9. The maximum Gasteiger partial charge on any atom is 0.410 e. The summed E-state index contributed by atoms with van der Waals surface area (Å²) in [7, 11) is 0. The molecule has 6 heteroatoms. The van der Waals surface area contributed by atoms with Crippen molar-refractivity contribution < 1.29 is 9.53 Å². The van der Waals surface area contributed by atoms with Crippen molar-refractivity contribution in [1.29, 1.82) is 0 Å². The Kier molecular flexibility index (Phi) is 6.01. The molecule has 1 saturated heterocycles. The first kappa shape index (κ1) is 21.4. The van der Waals surface area contributed by atoms with Gasteiger partial charge in [0.25, 0.3) is 0 Å². The number of benzene rings is 2. The van der Waals surface area contributed by atoms with Crippen molar-refractivity contribution in [2.24, 2.45) is 11.7 Å². The summed E-state index contributed by atoms with van der Waals surface area (Å²) < 4.78 is 7.87. The summed E-state index contributed by atoms with van der Waals surface area (Å²) in [4.78, 5) is 19.2. The summed E-state index contributed by atoms with van der Waals surface area (Å²) in [5.74, 6) is 1.32. The number of fused-ring (bicyclic) bond motifs is 1. The van der Waals surface area contributed by atoms with Crippen molar-refractivity contribution in [3.8, 4) is 11.4 Å². The van der Waals surface area contributed by atoms with Gasteiger partial charge in [-0.25, -0.2) is 9.78 Å². The lowest BCUT2D eigenvalue weighted by Gasteiger charge is -2.37. The molecule has 1 fully saturated rings. The lowest BCUT2D eigenvalue weighted by molar-refractivity contribution is 0.0165. The fraction of sp³-hybridized carbons (Fsp3) is 0.440. The summed E-state index contributed by atoms with van der Waals surface area (Å²) in [6, 6.07) is 18.6. The second kappa shape index (κ2) is 8.71. The molecule has 1 aliphatic heterocycles. The van der Waals surface area contributed by atoms with Crippen LogP contribution in [0.2, 0.25) is 0 Å². The quantitative estimate of drug-likeness (QED) is 0.655. The molecule has 6 nitrogen and oxygen atoms in total. The Labute approximate surface area is 184 Å². The molecule has 2 N–H and O–H groups in total. The summed E-state index contributed by atoms with van der Waals surface area (Å²) in [5.41, 5.74) is 9.05. The van der Waals surface area contributed by atoms with Gasteiger partial charge in [-0.05, 0) is 51.7 Å². The van der Waals surface area contributed by atoms with Crippen LogP contribution in [0.25, 0.3) is 22.4 Å². The van der Waals surface area contributed by atoms with Gasteiger partial charge >= 0.3 is 6.09 Å². The number of rotatable bonds is 4. The first-order valence-corrected chi connectivity index (χ1v) is 11.1. The number of nitrogens with zero attached hydrogens (tertiary/aromatic N) is 3. The molecule has 2 heterocycles.